The molecule has 5 heteroatoms. The van der Waals surface area contributed by atoms with E-state index in [0.717, 1.165) is 6.42 Å². The number of nitrogens with two attached hydrogens (primary N) is 1. The van der Waals surface area contributed by atoms with Crippen molar-refractivity contribution in [3.8, 4) is 0 Å². The molecule has 100 valence electrons. The smallest absolute Gasteiger partial charge is 0.326 e. The Kier molecular flexibility index (Phi) is 5.61. The van der Waals surface area contributed by atoms with Crippen molar-refractivity contribution in [3.05, 3.63) is 0 Å². The summed E-state index contributed by atoms with van der Waals surface area (Å²) in [5, 5.41) is 11.6. The Morgan fingerprint density at radius 3 is 2.12 bits per heavy atom. The van der Waals surface area contributed by atoms with E-state index >= 15 is 0 Å². The average molecular weight is 244 g/mol. The fourth-order valence-corrected chi connectivity index (χ4v) is 1.40. The molecule has 0 spiro atoms. The number of hydrogen-bond donors (Lipinski definition) is 3. The summed E-state index contributed by atoms with van der Waals surface area (Å²) in [6.45, 7) is 9.11. The van der Waals surface area contributed by atoms with Gasteiger partial charge in [0.1, 0.15) is 6.04 Å². The van der Waals surface area contributed by atoms with Gasteiger partial charge >= 0.3 is 5.97 Å². The van der Waals surface area contributed by atoms with Gasteiger partial charge in [0.05, 0.1) is 6.04 Å². The van der Waals surface area contributed by atoms with Crippen LogP contribution in [0.5, 0.6) is 0 Å². The van der Waals surface area contributed by atoms with E-state index in [1.807, 2.05) is 13.8 Å². The van der Waals surface area contributed by atoms with Crippen LogP contribution in [-0.4, -0.2) is 29.1 Å². The minimum atomic E-state index is -1.04. The summed E-state index contributed by atoms with van der Waals surface area (Å²) in [7, 11) is 0. The van der Waals surface area contributed by atoms with Gasteiger partial charge in [-0.15, -0.1) is 0 Å². The predicted molar refractivity (Wildman–Crippen MR) is 66.5 cm³/mol. The summed E-state index contributed by atoms with van der Waals surface area (Å²) < 4.78 is 0. The number of nitrogens with one attached hydrogen (secondary N) is 1. The van der Waals surface area contributed by atoms with Crippen molar-refractivity contribution in [1.82, 2.24) is 5.32 Å². The number of aliphatic carboxylic acids is 1. The molecule has 0 aliphatic heterocycles. The zero-order chi connectivity index (χ0) is 13.8. The van der Waals surface area contributed by atoms with Crippen LogP contribution in [0.2, 0.25) is 0 Å². The maximum absolute atomic E-state index is 11.8. The lowest BCUT2D eigenvalue weighted by Crippen LogP contribution is -2.55. The Morgan fingerprint density at radius 2 is 1.82 bits per heavy atom. The molecular formula is C12H24N2O3. The number of carbonyl (C=O) groups excluding carboxylic acids is 1. The van der Waals surface area contributed by atoms with Crippen molar-refractivity contribution in [2.24, 2.45) is 17.1 Å². The molecule has 0 fully saturated rings. The molecule has 0 aliphatic rings. The minimum Gasteiger partial charge on any atom is -0.480 e. The molecule has 17 heavy (non-hydrogen) atoms. The van der Waals surface area contributed by atoms with E-state index < -0.39 is 29.4 Å². The summed E-state index contributed by atoms with van der Waals surface area (Å²) in [5.74, 6) is -1.41. The minimum absolute atomic E-state index is 0.0319. The van der Waals surface area contributed by atoms with Gasteiger partial charge in [-0.25, -0.2) is 4.79 Å². The Hall–Kier alpha value is -1.10. The van der Waals surface area contributed by atoms with Gasteiger partial charge in [0.2, 0.25) is 5.91 Å². The molecule has 0 radical (unpaired) electrons. The topological polar surface area (TPSA) is 92.4 Å². The van der Waals surface area contributed by atoms with E-state index in [2.05, 4.69) is 5.32 Å². The molecule has 0 aromatic carbocycles. The molecule has 0 saturated carbocycles. The summed E-state index contributed by atoms with van der Waals surface area (Å²) in [5.41, 5.74) is 5.21. The first kappa shape index (κ1) is 15.9. The van der Waals surface area contributed by atoms with Crippen LogP contribution in [0.15, 0.2) is 0 Å². The molecule has 5 nitrogen and oxygen atoms in total. The first-order valence-electron chi connectivity index (χ1n) is 5.90. The lowest BCUT2D eigenvalue weighted by Gasteiger charge is -2.29. The van der Waals surface area contributed by atoms with Crippen molar-refractivity contribution in [2.45, 2.75) is 53.1 Å². The van der Waals surface area contributed by atoms with E-state index in [1.54, 1.807) is 20.8 Å². The van der Waals surface area contributed by atoms with Gasteiger partial charge in [0.15, 0.2) is 0 Å². The van der Waals surface area contributed by atoms with Gasteiger partial charge in [0, 0.05) is 0 Å². The van der Waals surface area contributed by atoms with Gasteiger partial charge in [0.25, 0.3) is 0 Å². The van der Waals surface area contributed by atoms with Crippen molar-refractivity contribution in [2.75, 3.05) is 0 Å². The molecule has 4 N–H and O–H groups in total. The number of hydrogen-bond acceptors (Lipinski definition) is 3. The number of amides is 1. The second kappa shape index (κ2) is 6.00. The molecule has 3 atom stereocenters. The van der Waals surface area contributed by atoms with Gasteiger partial charge < -0.3 is 16.2 Å². The highest BCUT2D eigenvalue weighted by atomic mass is 16.4. The molecule has 0 rings (SSSR count). The van der Waals surface area contributed by atoms with E-state index in [0.29, 0.717) is 0 Å². The maximum atomic E-state index is 11.8. The molecular weight excluding hydrogens is 220 g/mol. The lowest BCUT2D eigenvalue weighted by molar-refractivity contribution is -0.145. The van der Waals surface area contributed by atoms with Crippen molar-refractivity contribution in [1.29, 1.82) is 0 Å². The number of carbonyl (C=O) groups is 2. The summed E-state index contributed by atoms with van der Waals surface area (Å²) in [4.78, 5) is 22.9. The third kappa shape index (κ3) is 4.73. The largest absolute Gasteiger partial charge is 0.480 e. The van der Waals surface area contributed by atoms with Gasteiger partial charge in [-0.2, -0.15) is 0 Å². The zero-order valence-electron chi connectivity index (χ0n) is 11.3. The first-order valence-corrected chi connectivity index (χ1v) is 5.90. The molecule has 0 aliphatic carbocycles. The fraction of sp³-hybridized carbons (Fsp3) is 0.833. The molecule has 0 saturated heterocycles. The highest BCUT2D eigenvalue weighted by molar-refractivity contribution is 5.87. The number of carboxylic acid groups (broad SMARTS) is 1. The first-order chi connectivity index (χ1) is 7.61. The van der Waals surface area contributed by atoms with Gasteiger partial charge in [-0.3, -0.25) is 4.79 Å². The third-order valence-corrected chi connectivity index (χ3v) is 2.96. The van der Waals surface area contributed by atoms with E-state index in [9.17, 15) is 9.59 Å². The second-order valence-electron chi connectivity index (χ2n) is 5.56. The Morgan fingerprint density at radius 1 is 1.35 bits per heavy atom. The van der Waals surface area contributed by atoms with E-state index in [1.165, 1.54) is 0 Å². The molecule has 1 unspecified atom stereocenters. The van der Waals surface area contributed by atoms with Crippen molar-refractivity contribution in [3.63, 3.8) is 0 Å². The van der Waals surface area contributed by atoms with Crippen molar-refractivity contribution < 1.29 is 14.7 Å². The average Bonchev–Trinajstić information content (AvgIpc) is 2.21. The standard InChI is InChI=1S/C12H24N2O3/c1-6-7(2)8(13)10(15)14-9(11(16)17)12(3,4)5/h7-9H,6,13H2,1-5H3,(H,14,15)(H,16,17)/t7?,8-,9-/m0/s1. The van der Waals surface area contributed by atoms with E-state index in [-0.39, 0.29) is 5.92 Å². The molecule has 0 bridgehead atoms. The molecule has 0 aromatic rings. The quantitative estimate of drug-likeness (QED) is 0.672. The van der Waals surface area contributed by atoms with Crippen LogP contribution in [0.1, 0.15) is 41.0 Å². The fourth-order valence-electron chi connectivity index (χ4n) is 1.40. The van der Waals surface area contributed by atoms with Crippen molar-refractivity contribution >= 4 is 11.9 Å². The number of carboxylic acids is 1. The molecule has 0 aromatic heterocycles. The van der Waals surface area contributed by atoms with E-state index in [4.69, 9.17) is 10.8 Å². The van der Waals surface area contributed by atoms with Crippen LogP contribution in [0.3, 0.4) is 0 Å². The van der Waals surface area contributed by atoms with Crippen LogP contribution < -0.4 is 11.1 Å². The lowest BCUT2D eigenvalue weighted by atomic mass is 9.86. The molecule has 0 heterocycles. The van der Waals surface area contributed by atoms with Crippen LogP contribution in [0, 0.1) is 11.3 Å². The Balaban J connectivity index is 4.69. The van der Waals surface area contributed by atoms with Crippen LogP contribution in [-0.2, 0) is 9.59 Å². The number of rotatable bonds is 5. The summed E-state index contributed by atoms with van der Waals surface area (Å²) in [6, 6.07) is -1.59. The SMILES string of the molecule is CCC(C)[C@H](N)C(=O)N[C@@H](C(=O)O)C(C)(C)C. The van der Waals surface area contributed by atoms with Crippen LogP contribution >= 0.6 is 0 Å². The Labute approximate surface area is 103 Å². The van der Waals surface area contributed by atoms with Crippen LogP contribution in [0.4, 0.5) is 0 Å². The van der Waals surface area contributed by atoms with Gasteiger partial charge in [-0.05, 0) is 11.3 Å². The normalized spacial score (nSPS) is 17.1. The summed E-state index contributed by atoms with van der Waals surface area (Å²) in [6.07, 6.45) is 0.780. The monoisotopic (exact) mass is 244 g/mol. The molecule has 1 amide bonds. The summed E-state index contributed by atoms with van der Waals surface area (Å²) >= 11 is 0. The maximum Gasteiger partial charge on any atom is 0.326 e. The predicted octanol–water partition coefficient (Wildman–Crippen LogP) is 0.975. The van der Waals surface area contributed by atoms with Crippen LogP contribution in [0.25, 0.3) is 0 Å². The van der Waals surface area contributed by atoms with Gasteiger partial charge in [-0.1, -0.05) is 41.0 Å². The zero-order valence-corrected chi connectivity index (χ0v) is 11.3. The highest BCUT2D eigenvalue weighted by Crippen LogP contribution is 2.19. The Bertz CT molecular complexity index is 284. The third-order valence-electron chi connectivity index (χ3n) is 2.96. The highest BCUT2D eigenvalue weighted by Gasteiger charge is 2.34. The second-order valence-corrected chi connectivity index (χ2v) is 5.56.